The summed E-state index contributed by atoms with van der Waals surface area (Å²) in [7, 11) is 0. The highest BCUT2D eigenvalue weighted by Crippen LogP contribution is 2.35. The lowest BCUT2D eigenvalue weighted by Gasteiger charge is -2.16. The van der Waals surface area contributed by atoms with Crippen LogP contribution in [-0.4, -0.2) is 11.8 Å². The first-order valence-corrected chi connectivity index (χ1v) is 6.37. The second kappa shape index (κ2) is 5.03. The van der Waals surface area contributed by atoms with Crippen molar-refractivity contribution in [2.75, 3.05) is 6.54 Å². The van der Waals surface area contributed by atoms with E-state index < -0.39 is 0 Å². The van der Waals surface area contributed by atoms with Crippen LogP contribution in [0.5, 0.6) is 0 Å². The first kappa shape index (κ1) is 11.1. The van der Waals surface area contributed by atoms with Crippen LogP contribution in [0.2, 0.25) is 0 Å². The van der Waals surface area contributed by atoms with Gasteiger partial charge in [0.15, 0.2) is 0 Å². The number of hydrogen-bond acceptors (Lipinski definition) is 3. The summed E-state index contributed by atoms with van der Waals surface area (Å²) in [5.41, 5.74) is 7.15. The fourth-order valence-electron chi connectivity index (χ4n) is 1.27. The highest BCUT2D eigenvalue weighted by atomic mass is 32.2. The molecule has 0 spiro atoms. The third-order valence-electron chi connectivity index (χ3n) is 1.84. The predicted molar refractivity (Wildman–Crippen MR) is 63.6 cm³/mol. The maximum atomic E-state index is 5.77. The van der Waals surface area contributed by atoms with E-state index >= 15 is 0 Å². The molecule has 1 unspecified atom stereocenters. The Balaban J connectivity index is 2.72. The molecule has 0 aliphatic heterocycles. The molecule has 1 atom stereocenters. The Kier molecular flexibility index (Phi) is 4.29. The van der Waals surface area contributed by atoms with Crippen LogP contribution in [-0.2, 0) is 0 Å². The van der Waals surface area contributed by atoms with Crippen molar-refractivity contribution in [3.05, 3.63) is 21.9 Å². The molecule has 1 nitrogen and oxygen atoms in total. The van der Waals surface area contributed by atoms with Gasteiger partial charge in [-0.25, -0.2) is 0 Å². The second-order valence-corrected chi connectivity index (χ2v) is 6.11. The molecule has 74 valence electrons. The van der Waals surface area contributed by atoms with Gasteiger partial charge in [-0.15, -0.1) is 23.1 Å². The van der Waals surface area contributed by atoms with Crippen LogP contribution in [0.3, 0.4) is 0 Å². The average Bonchev–Trinajstić information content (AvgIpc) is 2.47. The fourth-order valence-corrected chi connectivity index (χ4v) is 3.60. The summed E-state index contributed by atoms with van der Waals surface area (Å²) in [5, 5.41) is 3.28. The van der Waals surface area contributed by atoms with Crippen molar-refractivity contribution < 1.29 is 0 Å². The van der Waals surface area contributed by atoms with Gasteiger partial charge >= 0.3 is 0 Å². The van der Waals surface area contributed by atoms with Crippen molar-refractivity contribution in [3.63, 3.8) is 0 Å². The Morgan fingerprint density at radius 2 is 2.23 bits per heavy atom. The smallest absolute Gasteiger partial charge is 0.0518 e. The largest absolute Gasteiger partial charge is 0.329 e. The molecule has 0 aromatic carbocycles. The quantitative estimate of drug-likeness (QED) is 0.834. The molecule has 0 aliphatic carbocycles. The van der Waals surface area contributed by atoms with Crippen LogP contribution >= 0.6 is 23.1 Å². The van der Waals surface area contributed by atoms with Gasteiger partial charge in [-0.2, -0.15) is 0 Å². The predicted octanol–water partition coefficient (Wildman–Crippen LogP) is 3.20. The molecule has 1 rings (SSSR count). The molecule has 0 fully saturated rings. The van der Waals surface area contributed by atoms with Crippen LogP contribution in [0.4, 0.5) is 0 Å². The van der Waals surface area contributed by atoms with E-state index in [9.17, 15) is 0 Å². The van der Waals surface area contributed by atoms with Gasteiger partial charge in [0.05, 0.1) is 5.25 Å². The van der Waals surface area contributed by atoms with Crippen molar-refractivity contribution in [1.29, 1.82) is 0 Å². The van der Waals surface area contributed by atoms with Crippen molar-refractivity contribution in [2.45, 2.75) is 31.3 Å². The van der Waals surface area contributed by atoms with Gasteiger partial charge in [-0.3, -0.25) is 0 Å². The van der Waals surface area contributed by atoms with E-state index in [-0.39, 0.29) is 0 Å². The molecular weight excluding hydrogens is 198 g/mol. The van der Waals surface area contributed by atoms with Gasteiger partial charge in [-0.05, 0) is 29.2 Å². The topological polar surface area (TPSA) is 26.0 Å². The molecule has 0 amide bonds. The number of aryl methyl sites for hydroxylation is 1. The van der Waals surface area contributed by atoms with Crippen LogP contribution in [0.25, 0.3) is 0 Å². The monoisotopic (exact) mass is 215 g/mol. The highest BCUT2D eigenvalue weighted by Gasteiger charge is 2.15. The number of thiophene rings is 1. The minimum Gasteiger partial charge on any atom is -0.329 e. The summed E-state index contributed by atoms with van der Waals surface area (Å²) in [4.78, 5) is 1.45. The normalized spacial score (nSPS) is 13.6. The number of hydrogen-bond donors (Lipinski definition) is 1. The SMILES string of the molecule is Cc1ccsc1C(CN)SC(C)C. The van der Waals surface area contributed by atoms with Crippen molar-refractivity contribution in [3.8, 4) is 0 Å². The van der Waals surface area contributed by atoms with Gasteiger partial charge in [-0.1, -0.05) is 13.8 Å². The number of rotatable bonds is 4. The Morgan fingerprint density at radius 1 is 1.54 bits per heavy atom. The zero-order chi connectivity index (χ0) is 9.84. The van der Waals surface area contributed by atoms with E-state index in [1.807, 2.05) is 23.1 Å². The summed E-state index contributed by atoms with van der Waals surface area (Å²) >= 11 is 3.78. The number of nitrogens with two attached hydrogens (primary N) is 1. The fraction of sp³-hybridized carbons (Fsp3) is 0.600. The third kappa shape index (κ3) is 3.01. The lowest BCUT2D eigenvalue weighted by molar-refractivity contribution is 0.939. The van der Waals surface area contributed by atoms with Crippen molar-refractivity contribution in [1.82, 2.24) is 0 Å². The summed E-state index contributed by atoms with van der Waals surface area (Å²) in [6.45, 7) is 7.34. The van der Waals surface area contributed by atoms with E-state index in [2.05, 4.69) is 32.2 Å². The van der Waals surface area contributed by atoms with E-state index in [0.717, 1.165) is 6.54 Å². The molecule has 0 radical (unpaired) electrons. The van der Waals surface area contributed by atoms with Gasteiger partial charge in [0.25, 0.3) is 0 Å². The van der Waals surface area contributed by atoms with Gasteiger partial charge < -0.3 is 5.73 Å². The minimum atomic E-state index is 0.486. The molecule has 1 heterocycles. The lowest BCUT2D eigenvalue weighted by Crippen LogP contribution is -2.11. The summed E-state index contributed by atoms with van der Waals surface area (Å²) in [6.07, 6.45) is 0. The van der Waals surface area contributed by atoms with Crippen LogP contribution in [0.15, 0.2) is 11.4 Å². The highest BCUT2D eigenvalue weighted by molar-refractivity contribution is 8.00. The maximum Gasteiger partial charge on any atom is 0.0518 e. The third-order valence-corrected chi connectivity index (χ3v) is 4.43. The van der Waals surface area contributed by atoms with E-state index in [0.29, 0.717) is 10.5 Å². The standard InChI is InChI=1S/C10H17NS2/c1-7(2)13-9(6-11)10-8(3)4-5-12-10/h4-5,7,9H,6,11H2,1-3H3. The molecule has 13 heavy (non-hydrogen) atoms. The lowest BCUT2D eigenvalue weighted by atomic mass is 10.2. The molecule has 3 heteroatoms. The van der Waals surface area contributed by atoms with Crippen LogP contribution < -0.4 is 5.73 Å². The molecule has 1 aromatic rings. The molecule has 1 aromatic heterocycles. The molecule has 0 saturated carbocycles. The first-order chi connectivity index (χ1) is 6.15. The summed E-state index contributed by atoms with van der Waals surface area (Å²) in [5.74, 6) is 0. The Hall–Kier alpha value is 0.01000. The van der Waals surface area contributed by atoms with E-state index in [1.165, 1.54) is 10.4 Å². The molecule has 0 aliphatic rings. The Labute approximate surface area is 88.7 Å². The maximum absolute atomic E-state index is 5.77. The summed E-state index contributed by atoms with van der Waals surface area (Å²) < 4.78 is 0. The van der Waals surface area contributed by atoms with Crippen LogP contribution in [0.1, 0.15) is 29.5 Å². The Bertz CT molecular complexity index is 255. The molecule has 0 bridgehead atoms. The Morgan fingerprint density at radius 3 is 2.62 bits per heavy atom. The second-order valence-electron chi connectivity index (χ2n) is 3.38. The molecule has 2 N–H and O–H groups in total. The molecule has 0 saturated heterocycles. The first-order valence-electron chi connectivity index (χ1n) is 4.54. The van der Waals surface area contributed by atoms with Gasteiger partial charge in [0.1, 0.15) is 0 Å². The minimum absolute atomic E-state index is 0.486. The van der Waals surface area contributed by atoms with E-state index in [1.54, 1.807) is 0 Å². The van der Waals surface area contributed by atoms with Gasteiger partial charge in [0, 0.05) is 11.4 Å². The zero-order valence-corrected chi connectivity index (χ0v) is 10.0. The number of thioether (sulfide) groups is 1. The summed E-state index contributed by atoms with van der Waals surface area (Å²) in [6, 6.07) is 2.17. The zero-order valence-electron chi connectivity index (χ0n) is 8.41. The average molecular weight is 215 g/mol. The van der Waals surface area contributed by atoms with Gasteiger partial charge in [0.2, 0.25) is 0 Å². The van der Waals surface area contributed by atoms with Crippen molar-refractivity contribution in [2.24, 2.45) is 5.73 Å². The van der Waals surface area contributed by atoms with Crippen LogP contribution in [0, 0.1) is 6.92 Å². The van der Waals surface area contributed by atoms with E-state index in [4.69, 9.17) is 5.73 Å². The van der Waals surface area contributed by atoms with Crippen molar-refractivity contribution >= 4 is 23.1 Å². The molecular formula is C10H17NS2.